The van der Waals surface area contributed by atoms with Crippen molar-refractivity contribution in [1.82, 2.24) is 0 Å². The van der Waals surface area contributed by atoms with Crippen LogP contribution in [0.5, 0.6) is 0 Å². The predicted molar refractivity (Wildman–Crippen MR) is 63.8 cm³/mol. The Kier molecular flexibility index (Phi) is 4.34. The maximum Gasteiger partial charge on any atom is 0.244 e. The fraction of sp³-hybridized carbons (Fsp3) is 0.364. The summed E-state index contributed by atoms with van der Waals surface area (Å²) in [5, 5.41) is 9.75. The monoisotopic (exact) mass is 257 g/mol. The molecule has 0 spiro atoms. The molecule has 0 N–H and O–H groups in total. The van der Waals surface area contributed by atoms with Crippen LogP contribution in [0.4, 0.5) is 0 Å². The number of nitrogens with zero attached hydrogens (tertiary/aromatic N) is 1. The number of sulfone groups is 1. The van der Waals surface area contributed by atoms with E-state index < -0.39 is 15.1 Å². The molecule has 0 heterocycles. The molecule has 0 aliphatic heterocycles. The minimum absolute atomic E-state index is 0.402. The summed E-state index contributed by atoms with van der Waals surface area (Å²) in [6, 6.07) is 7.29. The van der Waals surface area contributed by atoms with E-state index in [2.05, 4.69) is 0 Å². The molecule has 1 atom stereocenters. The first kappa shape index (κ1) is 13.0. The average Bonchev–Trinajstić information content (AvgIpc) is 2.27. The number of hydrogen-bond donors (Lipinski definition) is 0. The highest BCUT2D eigenvalue weighted by Gasteiger charge is 2.19. The quantitative estimate of drug-likeness (QED) is 0.615. The van der Waals surface area contributed by atoms with Gasteiger partial charge in [0.25, 0.3) is 0 Å². The molecule has 1 unspecified atom stereocenters. The maximum absolute atomic E-state index is 11.2. The molecule has 0 saturated carbocycles. The van der Waals surface area contributed by atoms with Gasteiger partial charge in [-0.1, -0.05) is 29.8 Å². The van der Waals surface area contributed by atoms with Gasteiger partial charge in [0.05, 0.1) is 5.25 Å². The van der Waals surface area contributed by atoms with E-state index in [0.717, 1.165) is 5.56 Å². The number of thiocyanates is 1. The topological polar surface area (TPSA) is 57.9 Å². The Morgan fingerprint density at radius 3 is 2.62 bits per heavy atom. The van der Waals surface area contributed by atoms with Crippen LogP contribution >= 0.6 is 11.6 Å². The lowest BCUT2D eigenvalue weighted by atomic mass is 10.1. The number of rotatable bonds is 4. The van der Waals surface area contributed by atoms with Gasteiger partial charge >= 0.3 is 0 Å². The molecule has 3 nitrogen and oxygen atoms in total. The Balaban J connectivity index is 2.67. The molecule has 0 amide bonds. The second-order valence-corrected chi connectivity index (χ2v) is 6.06. The van der Waals surface area contributed by atoms with Crippen molar-refractivity contribution in [2.75, 3.05) is 0 Å². The Morgan fingerprint density at radius 1 is 1.44 bits per heavy atom. The molecule has 16 heavy (non-hydrogen) atoms. The molecule has 1 aromatic rings. The average molecular weight is 258 g/mol. The van der Waals surface area contributed by atoms with Crippen molar-refractivity contribution < 1.29 is 8.42 Å². The largest absolute Gasteiger partial charge is 0.244 e. The van der Waals surface area contributed by atoms with E-state index in [9.17, 15) is 8.42 Å². The van der Waals surface area contributed by atoms with Crippen molar-refractivity contribution in [3.05, 3.63) is 34.9 Å². The summed E-state index contributed by atoms with van der Waals surface area (Å²) in [6.07, 6.45) is 0.960. The molecule has 0 aliphatic rings. The summed E-state index contributed by atoms with van der Waals surface area (Å²) < 4.78 is 22.4. The number of nitriles is 1. The van der Waals surface area contributed by atoms with Crippen LogP contribution in [0.3, 0.4) is 0 Å². The van der Waals surface area contributed by atoms with Crippen molar-refractivity contribution in [1.29, 1.82) is 5.26 Å². The van der Waals surface area contributed by atoms with Crippen LogP contribution < -0.4 is 0 Å². The zero-order chi connectivity index (χ0) is 12.2. The van der Waals surface area contributed by atoms with Crippen molar-refractivity contribution in [3.63, 3.8) is 0 Å². The second-order valence-electron chi connectivity index (χ2n) is 3.58. The zero-order valence-electron chi connectivity index (χ0n) is 8.85. The van der Waals surface area contributed by atoms with Crippen LogP contribution in [0.15, 0.2) is 24.3 Å². The molecular weight excluding hydrogens is 246 g/mol. The van der Waals surface area contributed by atoms with E-state index in [1.165, 1.54) is 12.3 Å². The van der Waals surface area contributed by atoms with Crippen molar-refractivity contribution in [2.24, 2.45) is 0 Å². The van der Waals surface area contributed by atoms with E-state index >= 15 is 0 Å². The first-order valence-electron chi connectivity index (χ1n) is 4.85. The van der Waals surface area contributed by atoms with E-state index in [4.69, 9.17) is 16.9 Å². The molecule has 0 saturated heterocycles. The second kappa shape index (κ2) is 5.33. The van der Waals surface area contributed by atoms with Gasteiger partial charge in [-0.3, -0.25) is 0 Å². The molecule has 0 aromatic heterocycles. The van der Waals surface area contributed by atoms with Gasteiger partial charge in [0.15, 0.2) is 5.40 Å². The lowest BCUT2D eigenvalue weighted by Crippen LogP contribution is -2.16. The third kappa shape index (κ3) is 3.22. The molecular formula is C11H12ClNO2S. The molecule has 1 rings (SSSR count). The summed E-state index contributed by atoms with van der Waals surface area (Å²) in [6.45, 7) is 1.54. The molecule has 0 radical (unpaired) electrons. The van der Waals surface area contributed by atoms with Gasteiger partial charge in [0, 0.05) is 5.02 Å². The van der Waals surface area contributed by atoms with E-state index in [0.29, 0.717) is 17.9 Å². The number of hydrogen-bond acceptors (Lipinski definition) is 3. The minimum atomic E-state index is -3.62. The standard InChI is InChI=1S/C11H12ClNO2S/c1-9(16(14,15)8-13)6-7-10-4-2-3-5-11(10)12/h2-5,9H,6-7H2,1H3. The Bertz CT molecular complexity index is 505. The molecule has 0 aliphatic carbocycles. The molecule has 1 aromatic carbocycles. The lowest BCUT2D eigenvalue weighted by Gasteiger charge is -2.08. The summed E-state index contributed by atoms with van der Waals surface area (Å²) in [7, 11) is -3.62. The Hall–Kier alpha value is -1.05. The number of benzene rings is 1. The summed E-state index contributed by atoms with van der Waals surface area (Å²) in [4.78, 5) is 0. The fourth-order valence-electron chi connectivity index (χ4n) is 1.31. The molecule has 5 heteroatoms. The maximum atomic E-state index is 11.2. The fourth-order valence-corrected chi connectivity index (χ4v) is 2.14. The smallest absolute Gasteiger partial charge is 0.213 e. The third-order valence-corrected chi connectivity index (χ3v) is 4.35. The van der Waals surface area contributed by atoms with E-state index in [1.807, 2.05) is 18.2 Å². The van der Waals surface area contributed by atoms with E-state index in [1.54, 1.807) is 6.07 Å². The molecule has 86 valence electrons. The van der Waals surface area contributed by atoms with Crippen LogP contribution in [0.1, 0.15) is 18.9 Å². The van der Waals surface area contributed by atoms with Gasteiger partial charge in [-0.05, 0) is 31.4 Å². The Morgan fingerprint density at radius 2 is 2.06 bits per heavy atom. The summed E-state index contributed by atoms with van der Waals surface area (Å²) in [5.41, 5.74) is 0.907. The highest BCUT2D eigenvalue weighted by molar-refractivity contribution is 7.96. The van der Waals surface area contributed by atoms with Gasteiger partial charge in [-0.25, -0.2) is 8.42 Å². The van der Waals surface area contributed by atoms with Gasteiger partial charge in [0.1, 0.15) is 0 Å². The van der Waals surface area contributed by atoms with Crippen molar-refractivity contribution >= 4 is 21.4 Å². The van der Waals surface area contributed by atoms with Gasteiger partial charge in [0.2, 0.25) is 9.84 Å². The first-order chi connectivity index (χ1) is 7.47. The third-order valence-electron chi connectivity index (χ3n) is 2.43. The van der Waals surface area contributed by atoms with Crippen LogP contribution in [0, 0.1) is 10.7 Å². The summed E-state index contributed by atoms with van der Waals surface area (Å²) in [5.74, 6) is 0. The Labute approximate surface area is 101 Å². The van der Waals surface area contributed by atoms with Crippen LogP contribution in [-0.4, -0.2) is 13.7 Å². The SMILES string of the molecule is CC(CCc1ccccc1Cl)S(=O)(=O)C#N. The normalized spacial score (nSPS) is 13.1. The van der Waals surface area contributed by atoms with Crippen LogP contribution in [-0.2, 0) is 16.3 Å². The highest BCUT2D eigenvalue weighted by atomic mass is 35.5. The van der Waals surface area contributed by atoms with Crippen LogP contribution in [0.2, 0.25) is 5.02 Å². The minimum Gasteiger partial charge on any atom is -0.213 e. The first-order valence-corrected chi connectivity index (χ1v) is 6.78. The molecule has 0 fully saturated rings. The predicted octanol–water partition coefficient (Wildman–Crippen LogP) is 2.56. The highest BCUT2D eigenvalue weighted by Crippen LogP contribution is 2.18. The van der Waals surface area contributed by atoms with Gasteiger partial charge in [-0.2, -0.15) is 5.26 Å². The number of aryl methyl sites for hydroxylation is 1. The lowest BCUT2D eigenvalue weighted by molar-refractivity contribution is 0.587. The summed E-state index contributed by atoms with van der Waals surface area (Å²) >= 11 is 5.94. The van der Waals surface area contributed by atoms with Gasteiger partial charge < -0.3 is 0 Å². The van der Waals surface area contributed by atoms with Crippen molar-refractivity contribution in [2.45, 2.75) is 25.0 Å². The van der Waals surface area contributed by atoms with E-state index in [-0.39, 0.29) is 0 Å². The van der Waals surface area contributed by atoms with Gasteiger partial charge in [-0.15, -0.1) is 0 Å². The van der Waals surface area contributed by atoms with Crippen molar-refractivity contribution in [3.8, 4) is 5.40 Å². The van der Waals surface area contributed by atoms with Crippen LogP contribution in [0.25, 0.3) is 0 Å². The number of halogens is 1. The zero-order valence-corrected chi connectivity index (χ0v) is 10.4. The molecule has 0 bridgehead atoms.